The lowest BCUT2D eigenvalue weighted by molar-refractivity contribution is 0.102. The van der Waals surface area contributed by atoms with E-state index in [9.17, 15) is 9.00 Å². The second-order valence-corrected chi connectivity index (χ2v) is 7.01. The average Bonchev–Trinajstić information content (AvgIpc) is 2.95. The van der Waals surface area contributed by atoms with Gasteiger partial charge in [-0.05, 0) is 55.5 Å². The average molecular weight is 298 g/mol. The van der Waals surface area contributed by atoms with Crippen molar-refractivity contribution in [3.63, 3.8) is 0 Å². The third kappa shape index (κ3) is 3.13. The maximum Gasteiger partial charge on any atom is 0.175 e. The van der Waals surface area contributed by atoms with Crippen molar-refractivity contribution in [1.29, 1.82) is 0 Å². The van der Waals surface area contributed by atoms with E-state index in [1.807, 2.05) is 49.4 Å². The predicted molar refractivity (Wildman–Crippen MR) is 85.3 cm³/mol. The van der Waals surface area contributed by atoms with Crippen molar-refractivity contribution in [2.45, 2.75) is 31.1 Å². The molecule has 0 spiro atoms. The number of ketones is 1. The summed E-state index contributed by atoms with van der Waals surface area (Å²) < 4.78 is 12.3. The van der Waals surface area contributed by atoms with Gasteiger partial charge in [-0.1, -0.05) is 29.8 Å². The SMILES string of the molecule is Cc1ccc(S(=O)CC(=O)c2ccc3c(c2)CCC3)cc1. The zero-order valence-electron chi connectivity index (χ0n) is 12.1. The molecule has 0 bridgehead atoms. The monoisotopic (exact) mass is 298 g/mol. The van der Waals surface area contributed by atoms with Crippen LogP contribution in [0.2, 0.25) is 0 Å². The number of hydrogen-bond donors (Lipinski definition) is 0. The van der Waals surface area contributed by atoms with Crippen LogP contribution in [0.1, 0.15) is 33.5 Å². The first-order valence-corrected chi connectivity index (χ1v) is 8.55. The predicted octanol–water partition coefficient (Wildman–Crippen LogP) is 3.47. The van der Waals surface area contributed by atoms with Crippen LogP contribution >= 0.6 is 0 Å². The van der Waals surface area contributed by atoms with Gasteiger partial charge in [-0.25, -0.2) is 0 Å². The molecule has 1 unspecified atom stereocenters. The van der Waals surface area contributed by atoms with Crippen molar-refractivity contribution >= 4 is 16.6 Å². The highest BCUT2D eigenvalue weighted by Crippen LogP contribution is 2.23. The minimum atomic E-state index is -1.27. The molecule has 0 amide bonds. The van der Waals surface area contributed by atoms with Gasteiger partial charge in [-0.3, -0.25) is 9.00 Å². The number of hydrogen-bond acceptors (Lipinski definition) is 2. The Morgan fingerprint density at radius 2 is 1.76 bits per heavy atom. The highest BCUT2D eigenvalue weighted by atomic mass is 32.2. The van der Waals surface area contributed by atoms with Crippen molar-refractivity contribution in [1.82, 2.24) is 0 Å². The zero-order chi connectivity index (χ0) is 14.8. The second-order valence-electron chi connectivity index (χ2n) is 5.56. The molecule has 1 aliphatic rings. The van der Waals surface area contributed by atoms with Crippen molar-refractivity contribution in [2.24, 2.45) is 0 Å². The van der Waals surface area contributed by atoms with Gasteiger partial charge in [0.05, 0.1) is 16.6 Å². The summed E-state index contributed by atoms with van der Waals surface area (Å²) in [6, 6.07) is 13.4. The Bertz CT molecular complexity index is 702. The van der Waals surface area contributed by atoms with Gasteiger partial charge in [0, 0.05) is 10.5 Å². The van der Waals surface area contributed by atoms with E-state index in [1.165, 1.54) is 17.5 Å². The molecule has 0 aliphatic heterocycles. The molecule has 0 saturated heterocycles. The number of carbonyl (C=O) groups is 1. The minimum absolute atomic E-state index is 0.0383. The maximum absolute atomic E-state index is 12.3. The van der Waals surface area contributed by atoms with Crippen molar-refractivity contribution in [3.05, 3.63) is 64.7 Å². The van der Waals surface area contributed by atoms with E-state index < -0.39 is 10.8 Å². The van der Waals surface area contributed by atoms with E-state index in [2.05, 4.69) is 0 Å². The number of rotatable bonds is 4. The van der Waals surface area contributed by atoms with Crippen LogP contribution in [0.5, 0.6) is 0 Å². The van der Waals surface area contributed by atoms with Gasteiger partial charge in [-0.2, -0.15) is 0 Å². The third-order valence-corrected chi connectivity index (χ3v) is 5.29. The first kappa shape index (κ1) is 14.2. The standard InChI is InChI=1S/C18H18O2S/c1-13-5-9-17(10-6-13)21(20)12-18(19)16-8-7-14-3-2-4-15(14)11-16/h5-11H,2-4,12H2,1H3. The molecule has 0 N–H and O–H groups in total. The van der Waals surface area contributed by atoms with E-state index in [-0.39, 0.29) is 11.5 Å². The Morgan fingerprint density at radius 1 is 1.05 bits per heavy atom. The summed E-state index contributed by atoms with van der Waals surface area (Å²) in [5.74, 6) is 0.0191. The van der Waals surface area contributed by atoms with Crippen molar-refractivity contribution < 1.29 is 9.00 Å². The fourth-order valence-corrected chi connectivity index (χ4v) is 3.73. The van der Waals surface area contributed by atoms with Crippen molar-refractivity contribution in [2.75, 3.05) is 5.75 Å². The highest BCUT2D eigenvalue weighted by molar-refractivity contribution is 7.85. The van der Waals surface area contributed by atoms with Gasteiger partial charge in [0.15, 0.2) is 5.78 Å². The molecule has 3 rings (SSSR count). The summed E-state index contributed by atoms with van der Waals surface area (Å²) in [5, 5.41) is 0. The summed E-state index contributed by atoms with van der Waals surface area (Å²) >= 11 is 0. The fourth-order valence-electron chi connectivity index (χ4n) is 2.72. The molecule has 2 aromatic carbocycles. The maximum atomic E-state index is 12.3. The molecule has 1 aliphatic carbocycles. The number of aryl methyl sites for hydroxylation is 3. The van der Waals surface area contributed by atoms with Crippen LogP contribution in [-0.4, -0.2) is 15.7 Å². The molecule has 0 saturated carbocycles. The molecule has 21 heavy (non-hydrogen) atoms. The molecule has 2 aromatic rings. The zero-order valence-corrected chi connectivity index (χ0v) is 12.9. The molecule has 0 fully saturated rings. The van der Waals surface area contributed by atoms with Crippen molar-refractivity contribution in [3.8, 4) is 0 Å². The largest absolute Gasteiger partial charge is 0.293 e. The Balaban J connectivity index is 1.74. The number of fused-ring (bicyclic) bond motifs is 1. The smallest absolute Gasteiger partial charge is 0.175 e. The minimum Gasteiger partial charge on any atom is -0.293 e. The number of Topliss-reactive ketones (excluding diaryl/α,β-unsaturated/α-hetero) is 1. The van der Waals surface area contributed by atoms with E-state index in [1.54, 1.807) is 0 Å². The summed E-state index contributed by atoms with van der Waals surface area (Å²) in [4.78, 5) is 13.0. The summed E-state index contributed by atoms with van der Waals surface area (Å²) in [6.45, 7) is 1.99. The molecule has 0 radical (unpaired) electrons. The molecule has 1 atom stereocenters. The summed E-state index contributed by atoms with van der Waals surface area (Å²) in [6.07, 6.45) is 3.33. The quantitative estimate of drug-likeness (QED) is 0.810. The van der Waals surface area contributed by atoms with Crippen LogP contribution in [0.3, 0.4) is 0 Å². The van der Waals surface area contributed by atoms with Gasteiger partial charge in [0.2, 0.25) is 0 Å². The number of carbonyl (C=O) groups excluding carboxylic acids is 1. The Kier molecular flexibility index (Phi) is 4.02. The van der Waals surface area contributed by atoms with E-state index in [4.69, 9.17) is 0 Å². The lowest BCUT2D eigenvalue weighted by atomic mass is 10.0. The van der Waals surface area contributed by atoms with E-state index in [0.717, 1.165) is 23.3 Å². The lowest BCUT2D eigenvalue weighted by Crippen LogP contribution is -2.11. The fraction of sp³-hybridized carbons (Fsp3) is 0.278. The van der Waals surface area contributed by atoms with E-state index in [0.29, 0.717) is 5.56 Å². The molecule has 0 heterocycles. The van der Waals surface area contributed by atoms with Crippen LogP contribution in [0.15, 0.2) is 47.4 Å². The van der Waals surface area contributed by atoms with Crippen LogP contribution in [0, 0.1) is 6.92 Å². The molecule has 0 aromatic heterocycles. The normalized spacial score (nSPS) is 14.7. The highest BCUT2D eigenvalue weighted by Gasteiger charge is 2.16. The number of benzene rings is 2. The summed E-state index contributed by atoms with van der Waals surface area (Å²) in [7, 11) is -1.27. The topological polar surface area (TPSA) is 34.1 Å². The van der Waals surface area contributed by atoms with Gasteiger partial charge in [-0.15, -0.1) is 0 Å². The van der Waals surface area contributed by atoms with Gasteiger partial charge >= 0.3 is 0 Å². The van der Waals surface area contributed by atoms with Crippen LogP contribution in [0.25, 0.3) is 0 Å². The van der Waals surface area contributed by atoms with Gasteiger partial charge in [0.25, 0.3) is 0 Å². The Morgan fingerprint density at radius 3 is 2.52 bits per heavy atom. The second kappa shape index (κ2) is 5.94. The Labute approximate surface area is 127 Å². The Hall–Kier alpha value is -1.74. The molecule has 108 valence electrons. The van der Waals surface area contributed by atoms with Gasteiger partial charge in [0.1, 0.15) is 0 Å². The molecular weight excluding hydrogens is 280 g/mol. The lowest BCUT2D eigenvalue weighted by Gasteiger charge is -2.05. The van der Waals surface area contributed by atoms with Gasteiger partial charge < -0.3 is 0 Å². The van der Waals surface area contributed by atoms with Crippen LogP contribution in [0.4, 0.5) is 0 Å². The molecule has 3 heteroatoms. The van der Waals surface area contributed by atoms with E-state index >= 15 is 0 Å². The summed E-state index contributed by atoms with van der Waals surface area (Å²) in [5.41, 5.74) is 4.45. The third-order valence-electron chi connectivity index (χ3n) is 3.97. The van der Waals surface area contributed by atoms with Crippen LogP contribution in [-0.2, 0) is 23.6 Å². The first-order chi connectivity index (χ1) is 10.1. The molecular formula is C18H18O2S. The first-order valence-electron chi connectivity index (χ1n) is 7.23. The van der Waals surface area contributed by atoms with Crippen LogP contribution < -0.4 is 0 Å². The molecule has 2 nitrogen and oxygen atoms in total.